The fourth-order valence-electron chi connectivity index (χ4n) is 8.70. The van der Waals surface area contributed by atoms with Crippen LogP contribution in [0.3, 0.4) is 0 Å². The molecule has 0 bridgehead atoms. The van der Waals surface area contributed by atoms with Gasteiger partial charge in [-0.1, -0.05) is 122 Å². The number of carbonyl (C=O) groups excluding carboxylic acids is 1. The van der Waals surface area contributed by atoms with E-state index in [9.17, 15) is 13.6 Å². The predicted molar refractivity (Wildman–Crippen MR) is 286 cm³/mol. The monoisotopic (exact) mass is 1170 g/mol. The number of aromatic nitrogens is 3. The number of rotatable bonds is 24. The first-order valence-electron chi connectivity index (χ1n) is 24.9. The molecule has 1 radical (unpaired) electrons. The molecule has 383 valence electrons. The number of anilines is 3. The van der Waals surface area contributed by atoms with E-state index in [1.807, 2.05) is 12.1 Å². The van der Waals surface area contributed by atoms with E-state index in [0.717, 1.165) is 100 Å². The number of hydrogen-bond acceptors (Lipinski definition) is 8. The number of aryl methyl sites for hydroxylation is 1. The molecule has 0 aliphatic heterocycles. The van der Waals surface area contributed by atoms with Crippen molar-refractivity contribution in [1.29, 1.82) is 0 Å². The van der Waals surface area contributed by atoms with Crippen LogP contribution in [0.25, 0.3) is 33.1 Å². The van der Waals surface area contributed by atoms with Crippen LogP contribution in [-0.2, 0) is 54.1 Å². The Morgan fingerprint density at radius 2 is 1.18 bits per heavy atom. The van der Waals surface area contributed by atoms with Crippen LogP contribution in [0.4, 0.5) is 25.8 Å². The van der Waals surface area contributed by atoms with Crippen LogP contribution in [0.15, 0.2) is 182 Å². The third-order valence-corrected chi connectivity index (χ3v) is 12.3. The normalized spacial score (nSPS) is 10.9. The van der Waals surface area contributed by atoms with Gasteiger partial charge in [-0.25, -0.2) is 9.78 Å². The van der Waals surface area contributed by atoms with Gasteiger partial charge in [0.2, 0.25) is 0 Å². The molecule has 9 nitrogen and oxygen atoms in total. The Hall–Kier alpha value is -7.08. The molecule has 0 spiro atoms. The van der Waals surface area contributed by atoms with Crippen LogP contribution in [0, 0.1) is 24.8 Å². The molecule has 0 amide bonds. The van der Waals surface area contributed by atoms with Gasteiger partial charge in [-0.3, -0.25) is 8.78 Å². The van der Waals surface area contributed by atoms with Gasteiger partial charge >= 0.3 is 5.97 Å². The van der Waals surface area contributed by atoms with E-state index in [1.165, 1.54) is 32.9 Å². The van der Waals surface area contributed by atoms with Crippen molar-refractivity contribution in [2.45, 2.75) is 71.1 Å². The Labute approximate surface area is 446 Å². The first-order valence-corrected chi connectivity index (χ1v) is 24.9. The zero-order valence-electron chi connectivity index (χ0n) is 41.3. The van der Waals surface area contributed by atoms with Crippen molar-refractivity contribution in [3.8, 4) is 17.0 Å². The standard InChI is InChI=1S/C51H54N3O5.C11H6F2N.Ir/c1-56-51(55)50-49(25-18-32-52-50)59-36-17-3-2-14-33-53-47-24-13-12-23-45(47)46-37-41(28-31-48(46)53)39-58-35-16-5-4-15-34-57-38-40-26-29-44(30-27-40)54(42-19-8-6-9-20-42)43-21-10-7-11-22-43;12-8-4-5-9(10(13)7-8)11-3-1-2-6-14-11;/h6-13,18-32,37H,1-5,14-17,33-36,38-39H2;1-4,6-7H;/q2*-1;. The molecule has 0 aliphatic carbocycles. The minimum absolute atomic E-state index is 0. The molecule has 9 aromatic rings. The molecule has 9 rings (SSSR count). The van der Waals surface area contributed by atoms with Gasteiger partial charge in [0.25, 0.3) is 0 Å². The largest absolute Gasteiger partial charge is 0.635 e. The Balaban J connectivity index is 0.000000458. The topological polar surface area (TPSA) is 87.9 Å². The maximum absolute atomic E-state index is 13.2. The van der Waals surface area contributed by atoms with Gasteiger partial charge in [0.15, 0.2) is 11.4 Å². The van der Waals surface area contributed by atoms with Crippen LogP contribution >= 0.6 is 0 Å². The quantitative estimate of drug-likeness (QED) is 0.0336. The second-order valence-electron chi connectivity index (χ2n) is 17.5. The van der Waals surface area contributed by atoms with Gasteiger partial charge < -0.3 is 33.4 Å². The zero-order valence-corrected chi connectivity index (χ0v) is 43.7. The first kappa shape index (κ1) is 54.7. The Morgan fingerprint density at radius 3 is 1.85 bits per heavy atom. The molecule has 12 heteroatoms. The summed E-state index contributed by atoms with van der Waals surface area (Å²) in [6.45, 7) is 4.22. The van der Waals surface area contributed by atoms with Crippen LogP contribution in [0.1, 0.15) is 73.0 Å². The molecule has 3 aromatic heterocycles. The molecule has 0 fully saturated rings. The molecule has 0 N–H and O–H groups in total. The van der Waals surface area contributed by atoms with Crippen molar-refractivity contribution in [3.05, 3.63) is 224 Å². The van der Waals surface area contributed by atoms with E-state index in [1.54, 1.807) is 42.7 Å². The third kappa shape index (κ3) is 15.2. The number of halogens is 2. The summed E-state index contributed by atoms with van der Waals surface area (Å²) in [6, 6.07) is 58.1. The minimum atomic E-state index is -0.649. The van der Waals surface area contributed by atoms with Crippen LogP contribution in [0.5, 0.6) is 5.75 Å². The van der Waals surface area contributed by atoms with E-state index in [4.69, 9.17) is 14.2 Å². The molecular formula is C62H60F2IrN4O5-2. The zero-order chi connectivity index (χ0) is 50.5. The number of benzene rings is 6. The number of esters is 1. The summed E-state index contributed by atoms with van der Waals surface area (Å²) in [6.07, 6.45) is 11.5. The summed E-state index contributed by atoms with van der Waals surface area (Å²) >= 11 is 0. The van der Waals surface area contributed by atoms with Gasteiger partial charge in [0.05, 0.1) is 19.8 Å². The van der Waals surface area contributed by atoms with E-state index in [2.05, 4.69) is 153 Å². The van der Waals surface area contributed by atoms with Crippen LogP contribution in [0.2, 0.25) is 0 Å². The third-order valence-electron chi connectivity index (χ3n) is 12.3. The van der Waals surface area contributed by atoms with Crippen molar-refractivity contribution in [3.63, 3.8) is 0 Å². The summed E-state index contributed by atoms with van der Waals surface area (Å²) in [4.78, 5) is 22.2. The van der Waals surface area contributed by atoms with Gasteiger partial charge in [-0.15, -0.1) is 12.1 Å². The average Bonchev–Trinajstić information content (AvgIpc) is 3.74. The number of pyridine rings is 2. The molecule has 0 atom stereocenters. The number of hydrogen-bond donors (Lipinski definition) is 0. The summed E-state index contributed by atoms with van der Waals surface area (Å²) in [5.74, 6) is -1.45. The number of para-hydroxylation sites is 3. The molecule has 6 aromatic carbocycles. The SMILES string of the molecule is Fc1c[c-]c(-c2ccccn2)c(F)c1.[CH2-]OC(=O)c1ncccc1OCCCCCCn1c2ccccc2c2cc(COCCCCCCOCc3ccc(N(c4ccccc4)c4ccccc4)cc3)ccc21.[Ir]. The number of unbranched alkanes of at least 4 members (excludes halogenated alkanes) is 6. The minimum Gasteiger partial charge on any atom is -0.635 e. The summed E-state index contributed by atoms with van der Waals surface area (Å²) in [5, 5.41) is 2.56. The Morgan fingerprint density at radius 1 is 0.581 bits per heavy atom. The average molecular weight is 1170 g/mol. The predicted octanol–water partition coefficient (Wildman–Crippen LogP) is 15.4. The summed E-state index contributed by atoms with van der Waals surface area (Å²) < 4.78 is 50.8. The van der Waals surface area contributed by atoms with E-state index < -0.39 is 17.6 Å². The number of nitrogens with zero attached hydrogens (tertiary/aromatic N) is 4. The van der Waals surface area contributed by atoms with E-state index >= 15 is 0 Å². The van der Waals surface area contributed by atoms with Crippen molar-refractivity contribution < 1.29 is 52.6 Å². The molecule has 0 saturated heterocycles. The fourth-order valence-corrected chi connectivity index (χ4v) is 8.70. The molecule has 0 aliphatic rings. The fraction of sp³-hybridized carbons (Fsp3) is 0.226. The second-order valence-corrected chi connectivity index (χ2v) is 17.5. The molecule has 74 heavy (non-hydrogen) atoms. The number of fused-ring (bicyclic) bond motifs is 3. The maximum Gasteiger partial charge on any atom is 0.329 e. The Kier molecular flexibility index (Phi) is 21.4. The molecule has 0 unspecified atom stereocenters. The summed E-state index contributed by atoms with van der Waals surface area (Å²) in [5.41, 5.74) is 9.09. The van der Waals surface area contributed by atoms with Gasteiger partial charge in [0.1, 0.15) is 0 Å². The van der Waals surface area contributed by atoms with Crippen molar-refractivity contribution >= 4 is 44.8 Å². The van der Waals surface area contributed by atoms with Crippen molar-refractivity contribution in [1.82, 2.24) is 14.5 Å². The van der Waals surface area contributed by atoms with E-state index in [-0.39, 0.29) is 31.4 Å². The molecule has 3 heterocycles. The summed E-state index contributed by atoms with van der Waals surface area (Å²) in [7, 11) is 3.19. The van der Waals surface area contributed by atoms with Crippen LogP contribution < -0.4 is 9.64 Å². The number of ether oxygens (including phenoxy) is 4. The van der Waals surface area contributed by atoms with Crippen molar-refractivity contribution in [2.75, 3.05) is 24.7 Å². The first-order chi connectivity index (χ1) is 36.0. The molecular weight excluding hydrogens is 1110 g/mol. The molecule has 0 saturated carbocycles. The van der Waals surface area contributed by atoms with Gasteiger partial charge in [-0.2, -0.15) is 7.11 Å². The smallest absolute Gasteiger partial charge is 0.329 e. The van der Waals surface area contributed by atoms with Crippen molar-refractivity contribution in [2.24, 2.45) is 0 Å². The van der Waals surface area contributed by atoms with Crippen LogP contribution in [-0.4, -0.2) is 40.3 Å². The van der Waals surface area contributed by atoms with E-state index in [0.29, 0.717) is 31.3 Å². The maximum atomic E-state index is 13.2. The Bertz CT molecular complexity index is 3070. The second kappa shape index (κ2) is 29.0. The van der Waals surface area contributed by atoms with Gasteiger partial charge in [-0.05, 0) is 115 Å². The number of carbonyl (C=O) groups is 1. The van der Waals surface area contributed by atoms with Gasteiger partial charge in [0, 0.05) is 103 Å².